The Bertz CT molecular complexity index is 1120. The number of hydrogen-bond donors (Lipinski definition) is 0. The summed E-state index contributed by atoms with van der Waals surface area (Å²) in [5.41, 5.74) is 2.94. The van der Waals surface area contributed by atoms with Gasteiger partial charge >= 0.3 is 0 Å². The largest absolute Gasteiger partial charge is 0.300 e. The van der Waals surface area contributed by atoms with Gasteiger partial charge in [-0.15, -0.1) is 0 Å². The molecule has 26 heavy (non-hydrogen) atoms. The summed E-state index contributed by atoms with van der Waals surface area (Å²) >= 11 is 6.21. The van der Waals surface area contributed by atoms with Crippen LogP contribution in [-0.2, 0) is 0 Å². The Hall–Kier alpha value is -3.18. The van der Waals surface area contributed by atoms with Gasteiger partial charge in [-0.05, 0) is 25.1 Å². The molecule has 2 heterocycles. The first kappa shape index (κ1) is 16.3. The maximum absolute atomic E-state index is 13.1. The number of benzene rings is 2. The van der Waals surface area contributed by atoms with E-state index in [9.17, 15) is 4.79 Å². The summed E-state index contributed by atoms with van der Waals surface area (Å²) in [5.74, 6) is 0.160. The molecule has 0 saturated carbocycles. The number of halogens is 1. The number of hydrogen-bond acceptors (Lipinski definition) is 3. The molecule has 0 fully saturated rings. The van der Waals surface area contributed by atoms with Crippen molar-refractivity contribution in [3.05, 3.63) is 94.1 Å². The van der Waals surface area contributed by atoms with Crippen LogP contribution in [0, 0.1) is 6.92 Å². The number of aromatic nitrogens is 4. The number of aryl methyl sites for hydroxylation is 1. The molecular weight excluding hydrogens is 348 g/mol. The molecule has 5 nitrogen and oxygen atoms in total. The lowest BCUT2D eigenvalue weighted by Crippen LogP contribution is -2.25. The molecule has 0 saturated heterocycles. The molecule has 0 aliphatic carbocycles. The summed E-state index contributed by atoms with van der Waals surface area (Å²) < 4.78 is 3.04. The molecule has 0 aliphatic heterocycles. The van der Waals surface area contributed by atoms with E-state index in [4.69, 9.17) is 11.6 Å². The van der Waals surface area contributed by atoms with Crippen LogP contribution in [0.3, 0.4) is 0 Å². The standard InChI is InChI=1S/C20H15ClN4O/c1-14-12-17(15-8-4-2-5-9-15)25(23-14)19-20(26)24(13-18(21)22-19)16-10-6-3-7-11-16/h2-13H,1H3. The molecule has 0 atom stereocenters. The van der Waals surface area contributed by atoms with Crippen LogP contribution in [0.25, 0.3) is 22.8 Å². The van der Waals surface area contributed by atoms with Crippen molar-refractivity contribution in [2.24, 2.45) is 0 Å². The second kappa shape index (κ2) is 6.61. The monoisotopic (exact) mass is 362 g/mol. The minimum Gasteiger partial charge on any atom is -0.278 e. The van der Waals surface area contributed by atoms with E-state index >= 15 is 0 Å². The quantitative estimate of drug-likeness (QED) is 0.552. The molecule has 0 amide bonds. The van der Waals surface area contributed by atoms with E-state index in [0.717, 1.165) is 17.0 Å². The van der Waals surface area contributed by atoms with Gasteiger partial charge in [-0.2, -0.15) is 5.10 Å². The summed E-state index contributed by atoms with van der Waals surface area (Å²) in [5, 5.41) is 4.69. The highest BCUT2D eigenvalue weighted by Gasteiger charge is 2.17. The van der Waals surface area contributed by atoms with Gasteiger partial charge in [0, 0.05) is 11.3 Å². The SMILES string of the molecule is Cc1cc(-c2ccccc2)n(-c2nc(Cl)cn(-c3ccccc3)c2=O)n1. The highest BCUT2D eigenvalue weighted by Crippen LogP contribution is 2.22. The van der Waals surface area contributed by atoms with Crippen LogP contribution in [0.2, 0.25) is 5.15 Å². The van der Waals surface area contributed by atoms with Crippen molar-refractivity contribution in [2.45, 2.75) is 6.92 Å². The summed E-state index contributed by atoms with van der Waals surface area (Å²) in [6.07, 6.45) is 1.52. The molecule has 0 radical (unpaired) electrons. The van der Waals surface area contributed by atoms with Gasteiger partial charge < -0.3 is 0 Å². The Morgan fingerprint density at radius 3 is 2.31 bits per heavy atom. The average molecular weight is 363 g/mol. The van der Waals surface area contributed by atoms with Gasteiger partial charge in [-0.1, -0.05) is 60.1 Å². The number of rotatable bonds is 3. The van der Waals surface area contributed by atoms with Crippen LogP contribution >= 0.6 is 11.6 Å². The maximum atomic E-state index is 13.1. The Morgan fingerprint density at radius 1 is 0.962 bits per heavy atom. The van der Waals surface area contributed by atoms with Gasteiger partial charge in [-0.25, -0.2) is 9.67 Å². The molecule has 2 aromatic carbocycles. The molecule has 0 aliphatic rings. The molecule has 6 heteroatoms. The second-order valence-electron chi connectivity index (χ2n) is 5.85. The highest BCUT2D eigenvalue weighted by molar-refractivity contribution is 6.29. The van der Waals surface area contributed by atoms with E-state index in [-0.39, 0.29) is 16.5 Å². The smallest absolute Gasteiger partial charge is 0.278 e. The fraction of sp³-hybridized carbons (Fsp3) is 0.0500. The third-order valence-corrected chi connectivity index (χ3v) is 4.18. The summed E-state index contributed by atoms with van der Waals surface area (Å²) in [7, 11) is 0. The van der Waals surface area contributed by atoms with Gasteiger partial charge in [0.25, 0.3) is 5.56 Å². The van der Waals surface area contributed by atoms with Crippen molar-refractivity contribution >= 4 is 11.6 Å². The Morgan fingerprint density at radius 2 is 1.62 bits per heavy atom. The minimum atomic E-state index is -0.291. The topological polar surface area (TPSA) is 52.7 Å². The molecule has 0 unspecified atom stereocenters. The van der Waals surface area contributed by atoms with Gasteiger partial charge in [-0.3, -0.25) is 9.36 Å². The van der Waals surface area contributed by atoms with Gasteiger partial charge in [0.05, 0.1) is 17.6 Å². The number of para-hydroxylation sites is 1. The third-order valence-electron chi connectivity index (χ3n) is 3.99. The Kier molecular flexibility index (Phi) is 4.14. The van der Waals surface area contributed by atoms with E-state index in [1.807, 2.05) is 73.7 Å². The van der Waals surface area contributed by atoms with Crippen LogP contribution in [0.4, 0.5) is 0 Å². The molecule has 0 N–H and O–H groups in total. The van der Waals surface area contributed by atoms with Crippen molar-refractivity contribution in [2.75, 3.05) is 0 Å². The van der Waals surface area contributed by atoms with Crippen molar-refractivity contribution < 1.29 is 0 Å². The summed E-state index contributed by atoms with van der Waals surface area (Å²) in [6.45, 7) is 1.88. The lowest BCUT2D eigenvalue weighted by atomic mass is 10.1. The molecule has 0 spiro atoms. The van der Waals surface area contributed by atoms with Crippen molar-refractivity contribution in [1.29, 1.82) is 0 Å². The van der Waals surface area contributed by atoms with Gasteiger partial charge in [0.2, 0.25) is 5.82 Å². The molecule has 4 aromatic rings. The first-order valence-electron chi connectivity index (χ1n) is 8.10. The van der Waals surface area contributed by atoms with E-state index in [1.165, 1.54) is 10.8 Å². The van der Waals surface area contributed by atoms with E-state index in [1.54, 1.807) is 4.68 Å². The van der Waals surface area contributed by atoms with E-state index in [2.05, 4.69) is 10.1 Å². The predicted molar refractivity (Wildman–Crippen MR) is 102 cm³/mol. The molecule has 4 rings (SSSR count). The molecule has 2 aromatic heterocycles. The zero-order valence-corrected chi connectivity index (χ0v) is 14.8. The van der Waals surface area contributed by atoms with E-state index < -0.39 is 0 Å². The fourth-order valence-electron chi connectivity index (χ4n) is 2.84. The lowest BCUT2D eigenvalue weighted by Gasteiger charge is -2.11. The fourth-order valence-corrected chi connectivity index (χ4v) is 3.02. The van der Waals surface area contributed by atoms with Gasteiger partial charge in [0.15, 0.2) is 0 Å². The first-order valence-corrected chi connectivity index (χ1v) is 8.48. The van der Waals surface area contributed by atoms with Crippen LogP contribution in [0.1, 0.15) is 5.69 Å². The van der Waals surface area contributed by atoms with Crippen molar-refractivity contribution in [3.8, 4) is 22.8 Å². The van der Waals surface area contributed by atoms with Crippen LogP contribution in [-0.4, -0.2) is 19.3 Å². The average Bonchev–Trinajstić information content (AvgIpc) is 3.06. The zero-order chi connectivity index (χ0) is 18.1. The van der Waals surface area contributed by atoms with Crippen molar-refractivity contribution in [3.63, 3.8) is 0 Å². The zero-order valence-electron chi connectivity index (χ0n) is 14.0. The van der Waals surface area contributed by atoms with Crippen LogP contribution in [0.5, 0.6) is 0 Å². The Balaban J connectivity index is 1.96. The van der Waals surface area contributed by atoms with Crippen molar-refractivity contribution in [1.82, 2.24) is 19.3 Å². The maximum Gasteiger partial charge on any atom is 0.300 e. The van der Waals surface area contributed by atoms with E-state index in [0.29, 0.717) is 5.69 Å². The highest BCUT2D eigenvalue weighted by atomic mass is 35.5. The first-order chi connectivity index (χ1) is 12.6. The molecule has 0 bridgehead atoms. The van der Waals surface area contributed by atoms with Crippen LogP contribution < -0.4 is 5.56 Å². The minimum absolute atomic E-state index is 0.160. The van der Waals surface area contributed by atoms with Gasteiger partial charge in [0.1, 0.15) is 5.15 Å². The summed E-state index contributed by atoms with van der Waals surface area (Å²) in [6, 6.07) is 21.0. The molecular formula is C20H15ClN4O. The normalized spacial score (nSPS) is 10.8. The molecule has 128 valence electrons. The predicted octanol–water partition coefficient (Wildman–Crippen LogP) is 4.05. The lowest BCUT2D eigenvalue weighted by molar-refractivity contribution is 0.798. The summed E-state index contributed by atoms with van der Waals surface area (Å²) in [4.78, 5) is 17.4. The van der Waals surface area contributed by atoms with Crippen LogP contribution in [0.15, 0.2) is 77.7 Å². The Labute approximate surface area is 155 Å². The third kappa shape index (κ3) is 2.93. The number of nitrogens with zero attached hydrogens (tertiary/aromatic N) is 4. The second-order valence-corrected chi connectivity index (χ2v) is 6.23.